The molecule has 3 nitrogen and oxygen atoms in total. The van der Waals surface area contributed by atoms with Crippen molar-refractivity contribution in [3.05, 3.63) is 12.7 Å². The maximum absolute atomic E-state index is 9.59. The Balaban J connectivity index is 0. The Bertz CT molecular complexity index is 124. The van der Waals surface area contributed by atoms with E-state index in [-0.39, 0.29) is 5.91 Å². The quantitative estimate of drug-likeness (QED) is 0.522. The molecular weight excluding hydrogens is 116 g/mol. The van der Waals surface area contributed by atoms with E-state index in [9.17, 15) is 4.79 Å². The Kier molecular flexibility index (Phi) is 11.6. The van der Waals surface area contributed by atoms with E-state index in [1.807, 2.05) is 0 Å². The molecule has 1 amide bonds. The average Bonchev–Trinajstić information content (AvgIpc) is 1.89. The van der Waals surface area contributed by atoms with Gasteiger partial charge in [-0.1, -0.05) is 13.5 Å². The Morgan fingerprint density at radius 3 is 2.22 bits per heavy atom. The second-order valence-electron chi connectivity index (χ2n) is 1.15. The van der Waals surface area contributed by atoms with Crippen LogP contribution in [-0.4, -0.2) is 5.91 Å². The van der Waals surface area contributed by atoms with Gasteiger partial charge >= 0.3 is 0 Å². The van der Waals surface area contributed by atoms with Crippen LogP contribution in [0.1, 0.15) is 13.3 Å². The Hall–Kier alpha value is -1.30. The summed E-state index contributed by atoms with van der Waals surface area (Å²) in [6.07, 6.45) is 1.62. The molecule has 0 heterocycles. The number of amides is 1. The lowest BCUT2D eigenvalue weighted by Gasteiger charge is -1.73. The third kappa shape index (κ3) is 51.2. The molecule has 0 aromatic carbocycles. The Morgan fingerprint density at radius 1 is 2.00 bits per heavy atom. The van der Waals surface area contributed by atoms with E-state index in [1.165, 1.54) is 6.08 Å². The fraction of sp³-hybridized carbons (Fsp3) is 0.333. The molecule has 2 N–H and O–H groups in total. The highest BCUT2D eigenvalue weighted by Gasteiger charge is 1.77. The maximum Gasteiger partial charge on any atom is 0.217 e. The molecule has 0 spiro atoms. The SMILES string of the molecule is C=CC#N.CCC(N)=O. The van der Waals surface area contributed by atoms with Crippen molar-refractivity contribution in [1.82, 2.24) is 0 Å². The van der Waals surface area contributed by atoms with Gasteiger partial charge in [0.1, 0.15) is 0 Å². The number of carbonyl (C=O) groups excluding carboxylic acids is 1. The van der Waals surface area contributed by atoms with Crippen LogP contribution in [0.5, 0.6) is 0 Å². The standard InChI is InChI=1S/C3H7NO.C3H3N/c1-2-3(4)5;1-2-3-4/h2H2,1H3,(H2,4,5);2H,1H2. The van der Waals surface area contributed by atoms with E-state index < -0.39 is 0 Å². The van der Waals surface area contributed by atoms with E-state index in [4.69, 9.17) is 5.26 Å². The zero-order valence-corrected chi connectivity index (χ0v) is 5.42. The first-order chi connectivity index (χ1) is 4.18. The van der Waals surface area contributed by atoms with Gasteiger partial charge in [-0.3, -0.25) is 4.79 Å². The number of carbonyl (C=O) groups is 1. The molecule has 0 atom stereocenters. The number of nitrogens with zero attached hydrogens (tertiary/aromatic N) is 1. The van der Waals surface area contributed by atoms with Crippen LogP contribution in [0.4, 0.5) is 0 Å². The molecule has 0 aliphatic rings. The predicted octanol–water partition coefficient (Wildman–Crippen LogP) is 0.578. The molecule has 9 heavy (non-hydrogen) atoms. The van der Waals surface area contributed by atoms with E-state index in [0.717, 1.165) is 0 Å². The van der Waals surface area contributed by atoms with E-state index in [0.29, 0.717) is 6.42 Å². The van der Waals surface area contributed by atoms with Crippen LogP contribution < -0.4 is 5.73 Å². The number of hydrogen-bond acceptors (Lipinski definition) is 2. The van der Waals surface area contributed by atoms with E-state index in [1.54, 1.807) is 13.0 Å². The van der Waals surface area contributed by atoms with Crippen molar-refractivity contribution in [2.24, 2.45) is 5.73 Å². The highest BCUT2D eigenvalue weighted by atomic mass is 16.1. The van der Waals surface area contributed by atoms with Crippen molar-refractivity contribution in [2.75, 3.05) is 0 Å². The lowest BCUT2D eigenvalue weighted by molar-refractivity contribution is -0.117. The molecule has 0 saturated carbocycles. The van der Waals surface area contributed by atoms with E-state index >= 15 is 0 Å². The molecule has 0 bridgehead atoms. The average molecular weight is 126 g/mol. The maximum atomic E-state index is 9.59. The Morgan fingerprint density at radius 2 is 2.22 bits per heavy atom. The molecule has 0 saturated heterocycles. The monoisotopic (exact) mass is 126 g/mol. The van der Waals surface area contributed by atoms with Crippen molar-refractivity contribution in [1.29, 1.82) is 5.26 Å². The second kappa shape index (κ2) is 9.85. The van der Waals surface area contributed by atoms with Gasteiger partial charge in [0.05, 0.1) is 6.07 Å². The van der Waals surface area contributed by atoms with Gasteiger partial charge in [0.25, 0.3) is 0 Å². The molecule has 0 unspecified atom stereocenters. The van der Waals surface area contributed by atoms with Crippen LogP contribution in [0.25, 0.3) is 0 Å². The number of rotatable bonds is 1. The predicted molar refractivity (Wildman–Crippen MR) is 35.3 cm³/mol. The summed E-state index contributed by atoms with van der Waals surface area (Å²) in [7, 11) is 0. The number of hydrogen-bond donors (Lipinski definition) is 1. The summed E-state index contributed by atoms with van der Waals surface area (Å²) in [5, 5.41) is 7.51. The molecule has 0 fully saturated rings. The van der Waals surface area contributed by atoms with Gasteiger partial charge in [0.2, 0.25) is 5.91 Å². The fourth-order valence-corrected chi connectivity index (χ4v) is 0. The third-order valence-corrected chi connectivity index (χ3v) is 0.440. The van der Waals surface area contributed by atoms with Crippen LogP contribution in [-0.2, 0) is 4.79 Å². The van der Waals surface area contributed by atoms with Crippen molar-refractivity contribution < 1.29 is 4.79 Å². The molecule has 3 heteroatoms. The first-order valence-corrected chi connectivity index (χ1v) is 2.47. The second-order valence-corrected chi connectivity index (χ2v) is 1.15. The van der Waals surface area contributed by atoms with Gasteiger partial charge in [-0.05, 0) is 0 Å². The first-order valence-electron chi connectivity index (χ1n) is 2.47. The molecule has 0 aromatic rings. The molecule has 0 aromatic heterocycles. The van der Waals surface area contributed by atoms with Gasteiger partial charge in [-0.25, -0.2) is 0 Å². The molecule has 0 aliphatic carbocycles. The topological polar surface area (TPSA) is 66.9 Å². The summed E-state index contributed by atoms with van der Waals surface area (Å²) in [4.78, 5) is 9.59. The van der Waals surface area contributed by atoms with Gasteiger partial charge in [-0.2, -0.15) is 5.26 Å². The fourth-order valence-electron chi connectivity index (χ4n) is 0. The van der Waals surface area contributed by atoms with E-state index in [2.05, 4.69) is 12.3 Å². The summed E-state index contributed by atoms with van der Waals surface area (Å²) in [6.45, 7) is 4.84. The summed E-state index contributed by atoms with van der Waals surface area (Å²) >= 11 is 0. The normalized spacial score (nSPS) is 5.78. The lowest BCUT2D eigenvalue weighted by atomic mass is 10.5. The van der Waals surface area contributed by atoms with Gasteiger partial charge < -0.3 is 5.73 Å². The minimum Gasteiger partial charge on any atom is -0.370 e. The summed E-state index contributed by atoms with van der Waals surface area (Å²) < 4.78 is 0. The van der Waals surface area contributed by atoms with Crippen molar-refractivity contribution >= 4 is 5.91 Å². The van der Waals surface area contributed by atoms with Crippen LogP contribution in [0.15, 0.2) is 12.7 Å². The zero-order chi connectivity index (χ0) is 7.70. The number of nitrogens with two attached hydrogens (primary N) is 1. The summed E-state index contributed by atoms with van der Waals surface area (Å²) in [5.41, 5.74) is 4.65. The largest absolute Gasteiger partial charge is 0.370 e. The van der Waals surface area contributed by atoms with Crippen molar-refractivity contribution in [3.63, 3.8) is 0 Å². The highest BCUT2D eigenvalue weighted by molar-refractivity contribution is 5.73. The van der Waals surface area contributed by atoms with Crippen LogP contribution in [0, 0.1) is 11.3 Å². The molecule has 50 valence electrons. The van der Waals surface area contributed by atoms with Crippen molar-refractivity contribution in [3.8, 4) is 6.07 Å². The molecule has 0 radical (unpaired) electrons. The lowest BCUT2D eigenvalue weighted by Crippen LogP contribution is -2.06. The van der Waals surface area contributed by atoms with Crippen molar-refractivity contribution in [2.45, 2.75) is 13.3 Å². The zero-order valence-electron chi connectivity index (χ0n) is 5.42. The number of primary amides is 1. The summed E-state index contributed by atoms with van der Waals surface area (Å²) in [5.74, 6) is -0.245. The number of allylic oxidation sites excluding steroid dienone is 1. The van der Waals surface area contributed by atoms with Crippen LogP contribution >= 0.6 is 0 Å². The summed E-state index contributed by atoms with van der Waals surface area (Å²) in [6, 6.07) is 1.69. The molecule has 0 aliphatic heterocycles. The Labute approximate surface area is 54.8 Å². The van der Waals surface area contributed by atoms with Gasteiger partial charge in [0.15, 0.2) is 0 Å². The molecule has 0 rings (SSSR count). The highest BCUT2D eigenvalue weighted by Crippen LogP contribution is 1.63. The smallest absolute Gasteiger partial charge is 0.217 e. The van der Waals surface area contributed by atoms with Crippen LogP contribution in [0.3, 0.4) is 0 Å². The minimum atomic E-state index is -0.245. The number of nitriles is 1. The minimum absolute atomic E-state index is 0.245. The van der Waals surface area contributed by atoms with Gasteiger partial charge in [0, 0.05) is 12.5 Å². The third-order valence-electron chi connectivity index (χ3n) is 0.440. The molecular formula is C6H10N2O. The van der Waals surface area contributed by atoms with Gasteiger partial charge in [-0.15, -0.1) is 0 Å². The van der Waals surface area contributed by atoms with Crippen LogP contribution in [0.2, 0.25) is 0 Å². The first kappa shape index (κ1) is 10.6.